The Kier molecular flexibility index (Phi) is 4.10. The normalized spacial score (nSPS) is 17.7. The first-order valence-corrected chi connectivity index (χ1v) is 7.69. The molecule has 0 aromatic heterocycles. The SMILES string of the molecule is O=C(CSc1ccc2ccccc2c1)O[C@@H]1CCOC1=O. The van der Waals surface area contributed by atoms with Gasteiger partial charge in [-0.25, -0.2) is 4.79 Å². The van der Waals surface area contributed by atoms with Crippen LogP contribution in [0, 0.1) is 0 Å². The minimum atomic E-state index is -0.727. The lowest BCUT2D eigenvalue weighted by Gasteiger charge is -2.08. The second kappa shape index (κ2) is 6.18. The molecule has 0 amide bonds. The minimum Gasteiger partial charge on any atom is -0.463 e. The standard InChI is InChI=1S/C16H14O4S/c17-15(20-14-7-8-19-16(14)18)10-21-13-6-5-11-3-1-2-4-12(11)9-13/h1-6,9,14H,7-8,10H2/t14-/m1/s1. The van der Waals surface area contributed by atoms with Crippen molar-refractivity contribution in [2.24, 2.45) is 0 Å². The van der Waals surface area contributed by atoms with E-state index in [2.05, 4.69) is 0 Å². The highest BCUT2D eigenvalue weighted by Gasteiger charge is 2.29. The van der Waals surface area contributed by atoms with E-state index >= 15 is 0 Å². The summed E-state index contributed by atoms with van der Waals surface area (Å²) in [7, 11) is 0. The quantitative estimate of drug-likeness (QED) is 0.642. The van der Waals surface area contributed by atoms with Crippen LogP contribution in [-0.4, -0.2) is 30.4 Å². The van der Waals surface area contributed by atoms with E-state index in [1.807, 2.05) is 42.5 Å². The maximum Gasteiger partial charge on any atom is 0.347 e. The third-order valence-corrected chi connectivity index (χ3v) is 4.21. The lowest BCUT2D eigenvalue weighted by atomic mass is 10.1. The Balaban J connectivity index is 1.58. The van der Waals surface area contributed by atoms with Gasteiger partial charge in [0, 0.05) is 11.3 Å². The van der Waals surface area contributed by atoms with Gasteiger partial charge in [0.1, 0.15) is 0 Å². The van der Waals surface area contributed by atoms with E-state index < -0.39 is 18.0 Å². The van der Waals surface area contributed by atoms with Gasteiger partial charge in [0.2, 0.25) is 6.10 Å². The lowest BCUT2D eigenvalue weighted by Crippen LogP contribution is -2.23. The number of hydrogen-bond acceptors (Lipinski definition) is 5. The maximum absolute atomic E-state index is 11.7. The van der Waals surface area contributed by atoms with Crippen molar-refractivity contribution in [3.05, 3.63) is 42.5 Å². The molecule has 0 unspecified atom stereocenters. The van der Waals surface area contributed by atoms with Gasteiger partial charge in [-0.1, -0.05) is 30.3 Å². The van der Waals surface area contributed by atoms with Gasteiger partial charge in [-0.3, -0.25) is 4.79 Å². The van der Waals surface area contributed by atoms with Crippen LogP contribution in [0.5, 0.6) is 0 Å². The topological polar surface area (TPSA) is 52.6 Å². The van der Waals surface area contributed by atoms with E-state index in [-0.39, 0.29) is 5.75 Å². The first kappa shape index (κ1) is 13.9. The van der Waals surface area contributed by atoms with Crippen molar-refractivity contribution in [3.8, 4) is 0 Å². The van der Waals surface area contributed by atoms with Crippen molar-refractivity contribution in [3.63, 3.8) is 0 Å². The zero-order valence-corrected chi connectivity index (χ0v) is 12.1. The molecule has 1 fully saturated rings. The number of esters is 2. The van der Waals surface area contributed by atoms with Crippen LogP contribution in [0.3, 0.4) is 0 Å². The summed E-state index contributed by atoms with van der Waals surface area (Å²) in [6.07, 6.45) is -0.278. The van der Waals surface area contributed by atoms with Crippen LogP contribution in [0.1, 0.15) is 6.42 Å². The first-order valence-electron chi connectivity index (χ1n) is 6.70. The predicted molar refractivity (Wildman–Crippen MR) is 80.1 cm³/mol. The molecular weight excluding hydrogens is 288 g/mol. The Morgan fingerprint density at radius 2 is 2.05 bits per heavy atom. The molecule has 1 heterocycles. The molecule has 0 radical (unpaired) electrons. The molecule has 0 aliphatic carbocycles. The van der Waals surface area contributed by atoms with E-state index in [0.717, 1.165) is 15.7 Å². The minimum absolute atomic E-state index is 0.183. The summed E-state index contributed by atoms with van der Waals surface area (Å²) >= 11 is 1.40. The maximum atomic E-state index is 11.7. The summed E-state index contributed by atoms with van der Waals surface area (Å²) in [4.78, 5) is 24.0. The average molecular weight is 302 g/mol. The zero-order chi connectivity index (χ0) is 14.7. The lowest BCUT2D eigenvalue weighted by molar-refractivity contribution is -0.158. The van der Waals surface area contributed by atoms with Crippen molar-refractivity contribution >= 4 is 34.5 Å². The molecule has 1 aliphatic rings. The fourth-order valence-electron chi connectivity index (χ4n) is 2.18. The number of cyclic esters (lactones) is 1. The molecule has 0 spiro atoms. The molecule has 3 rings (SSSR count). The predicted octanol–water partition coefficient (Wildman–Crippen LogP) is 2.79. The van der Waals surface area contributed by atoms with Crippen LogP contribution in [-0.2, 0) is 19.1 Å². The van der Waals surface area contributed by atoms with Crippen LogP contribution < -0.4 is 0 Å². The van der Waals surface area contributed by atoms with Gasteiger partial charge in [-0.05, 0) is 22.9 Å². The number of thioether (sulfide) groups is 1. The molecule has 2 aromatic rings. The van der Waals surface area contributed by atoms with Gasteiger partial charge in [-0.2, -0.15) is 0 Å². The monoisotopic (exact) mass is 302 g/mol. The summed E-state index contributed by atoms with van der Waals surface area (Å²) < 4.78 is 9.85. The highest BCUT2D eigenvalue weighted by molar-refractivity contribution is 8.00. The molecule has 1 atom stereocenters. The van der Waals surface area contributed by atoms with E-state index in [1.165, 1.54) is 11.8 Å². The second-order valence-corrected chi connectivity index (χ2v) is 5.78. The second-order valence-electron chi connectivity index (χ2n) is 4.73. The van der Waals surface area contributed by atoms with Gasteiger partial charge >= 0.3 is 11.9 Å². The molecule has 21 heavy (non-hydrogen) atoms. The van der Waals surface area contributed by atoms with E-state index in [0.29, 0.717) is 13.0 Å². The summed E-state index contributed by atoms with van der Waals surface area (Å²) in [6.45, 7) is 0.328. The highest BCUT2D eigenvalue weighted by atomic mass is 32.2. The number of carbonyl (C=O) groups is 2. The molecule has 1 saturated heterocycles. The fourth-order valence-corrected chi connectivity index (χ4v) is 2.90. The molecule has 0 bridgehead atoms. The van der Waals surface area contributed by atoms with Gasteiger partial charge in [0.25, 0.3) is 0 Å². The van der Waals surface area contributed by atoms with E-state index in [9.17, 15) is 9.59 Å². The van der Waals surface area contributed by atoms with Gasteiger partial charge < -0.3 is 9.47 Å². The summed E-state index contributed by atoms with van der Waals surface area (Å²) in [6, 6.07) is 14.1. The number of hydrogen-bond donors (Lipinski definition) is 0. The van der Waals surface area contributed by atoms with Gasteiger partial charge in [0.05, 0.1) is 12.4 Å². The third-order valence-electron chi connectivity index (χ3n) is 3.24. The summed E-state index contributed by atoms with van der Waals surface area (Å²) in [5, 5.41) is 2.30. The van der Waals surface area contributed by atoms with Crippen LogP contribution in [0.2, 0.25) is 0 Å². The Morgan fingerprint density at radius 3 is 2.81 bits per heavy atom. The van der Waals surface area contributed by atoms with E-state index in [4.69, 9.17) is 9.47 Å². The number of rotatable bonds is 4. The smallest absolute Gasteiger partial charge is 0.347 e. The van der Waals surface area contributed by atoms with Crippen molar-refractivity contribution < 1.29 is 19.1 Å². The van der Waals surface area contributed by atoms with Gasteiger partial charge in [-0.15, -0.1) is 11.8 Å². The zero-order valence-electron chi connectivity index (χ0n) is 11.3. The Morgan fingerprint density at radius 1 is 1.24 bits per heavy atom. The molecule has 4 nitrogen and oxygen atoms in total. The highest BCUT2D eigenvalue weighted by Crippen LogP contribution is 2.24. The molecule has 1 aliphatic heterocycles. The van der Waals surface area contributed by atoms with E-state index in [1.54, 1.807) is 0 Å². The third kappa shape index (κ3) is 3.36. The number of fused-ring (bicyclic) bond motifs is 1. The van der Waals surface area contributed by atoms with Crippen LogP contribution in [0.25, 0.3) is 10.8 Å². The molecule has 0 saturated carbocycles. The molecule has 0 N–H and O–H groups in total. The Labute approximate surface area is 126 Å². The largest absolute Gasteiger partial charge is 0.463 e. The summed E-state index contributed by atoms with van der Waals surface area (Å²) in [5.74, 6) is -0.654. The van der Waals surface area contributed by atoms with Crippen molar-refractivity contribution in [1.82, 2.24) is 0 Å². The van der Waals surface area contributed by atoms with Crippen molar-refractivity contribution in [1.29, 1.82) is 0 Å². The van der Waals surface area contributed by atoms with Crippen LogP contribution in [0.4, 0.5) is 0 Å². The number of benzene rings is 2. The van der Waals surface area contributed by atoms with Crippen molar-refractivity contribution in [2.45, 2.75) is 17.4 Å². The van der Waals surface area contributed by atoms with Gasteiger partial charge in [0.15, 0.2) is 0 Å². The summed E-state index contributed by atoms with van der Waals surface area (Å²) in [5.41, 5.74) is 0. The van der Waals surface area contributed by atoms with Crippen LogP contribution >= 0.6 is 11.8 Å². The number of carbonyl (C=O) groups excluding carboxylic acids is 2. The molecule has 108 valence electrons. The average Bonchev–Trinajstić information content (AvgIpc) is 2.90. The Hall–Kier alpha value is -2.01. The fraction of sp³-hybridized carbons (Fsp3) is 0.250. The van der Waals surface area contributed by atoms with Crippen LogP contribution in [0.15, 0.2) is 47.4 Å². The first-order chi connectivity index (χ1) is 10.2. The van der Waals surface area contributed by atoms with Crippen molar-refractivity contribution in [2.75, 3.05) is 12.4 Å². The molecule has 5 heteroatoms. The number of ether oxygens (including phenoxy) is 2. The molecule has 2 aromatic carbocycles. The molecular formula is C16H14O4S. The Bertz CT molecular complexity index is 683.